The molecule has 3 rings (SSSR count). The Bertz CT molecular complexity index is 963. The van der Waals surface area contributed by atoms with Crippen molar-refractivity contribution < 1.29 is 23.8 Å². The first-order chi connectivity index (χ1) is 15.4. The Kier molecular flexibility index (Phi) is 8.61. The Labute approximate surface area is 197 Å². The first-order valence-electron chi connectivity index (χ1n) is 10.5. The number of morpholine rings is 1. The lowest BCUT2D eigenvalue weighted by atomic mass is 10.1. The summed E-state index contributed by atoms with van der Waals surface area (Å²) < 4.78 is 16.4. The number of hydrogen-bond acceptors (Lipinski definition) is 6. The Balaban J connectivity index is 1.76. The lowest BCUT2D eigenvalue weighted by Crippen LogP contribution is -2.37. The molecule has 0 radical (unpaired) electrons. The van der Waals surface area contributed by atoms with Gasteiger partial charge in [-0.1, -0.05) is 30.1 Å². The van der Waals surface area contributed by atoms with E-state index < -0.39 is 12.1 Å². The molecule has 1 saturated heterocycles. The number of esters is 1. The molecule has 0 aliphatic carbocycles. The summed E-state index contributed by atoms with van der Waals surface area (Å²) in [6.45, 7) is 6.39. The monoisotopic (exact) mass is 480 g/mol. The van der Waals surface area contributed by atoms with Gasteiger partial charge < -0.3 is 24.4 Å². The van der Waals surface area contributed by atoms with Gasteiger partial charge in [0.1, 0.15) is 5.75 Å². The maximum absolute atomic E-state index is 12.7. The molecule has 1 N–H and O–H groups in total. The highest BCUT2D eigenvalue weighted by atomic mass is 35.5. The predicted octanol–water partition coefficient (Wildman–Crippen LogP) is 4.80. The Hall–Kier alpha value is -2.48. The van der Waals surface area contributed by atoms with Crippen LogP contribution >= 0.6 is 23.2 Å². The minimum Gasteiger partial charge on any atom is -0.479 e. The van der Waals surface area contributed by atoms with Crippen LogP contribution in [0.3, 0.4) is 0 Å². The van der Waals surface area contributed by atoms with Crippen molar-refractivity contribution in [3.05, 3.63) is 52.0 Å². The number of carbonyl (C=O) groups is 2. The molecule has 1 aliphatic heterocycles. The maximum Gasteiger partial charge on any atom is 0.340 e. The van der Waals surface area contributed by atoms with Crippen LogP contribution in [-0.4, -0.2) is 50.9 Å². The number of anilines is 2. The number of nitrogens with zero attached hydrogens (tertiary/aromatic N) is 1. The van der Waals surface area contributed by atoms with E-state index in [9.17, 15) is 9.59 Å². The molecule has 2 aromatic rings. The molecular weight excluding hydrogens is 455 g/mol. The van der Waals surface area contributed by atoms with Crippen molar-refractivity contribution in [2.45, 2.75) is 26.4 Å². The SMILES string of the molecule is CCCOC(=O)c1cc(NC(=O)[C@H](C)Oc2ccc(Cl)cc2Cl)ccc1N1CCOCC1. The highest BCUT2D eigenvalue weighted by molar-refractivity contribution is 6.35. The first kappa shape index (κ1) is 24.2. The molecule has 1 atom stereocenters. The van der Waals surface area contributed by atoms with Crippen LogP contribution in [0, 0.1) is 0 Å². The van der Waals surface area contributed by atoms with E-state index in [0.29, 0.717) is 60.0 Å². The molecule has 2 aromatic carbocycles. The summed E-state index contributed by atoms with van der Waals surface area (Å²) in [4.78, 5) is 27.5. The molecule has 7 nitrogen and oxygen atoms in total. The number of carbonyl (C=O) groups excluding carboxylic acids is 2. The average molecular weight is 481 g/mol. The van der Waals surface area contributed by atoms with Crippen molar-refractivity contribution in [1.29, 1.82) is 0 Å². The maximum atomic E-state index is 12.7. The van der Waals surface area contributed by atoms with Crippen LogP contribution in [0.25, 0.3) is 0 Å². The van der Waals surface area contributed by atoms with Gasteiger partial charge in [-0.25, -0.2) is 4.79 Å². The summed E-state index contributed by atoms with van der Waals surface area (Å²) in [6, 6.07) is 9.97. The van der Waals surface area contributed by atoms with E-state index in [0.717, 1.165) is 12.1 Å². The molecule has 1 aliphatic rings. The molecule has 0 bridgehead atoms. The number of amides is 1. The normalized spacial score (nSPS) is 14.6. The summed E-state index contributed by atoms with van der Waals surface area (Å²) in [7, 11) is 0. The van der Waals surface area contributed by atoms with Crippen molar-refractivity contribution >= 4 is 46.5 Å². The molecule has 172 valence electrons. The Morgan fingerprint density at radius 1 is 1.16 bits per heavy atom. The minimum absolute atomic E-state index is 0.313. The number of rotatable bonds is 8. The summed E-state index contributed by atoms with van der Waals surface area (Å²) in [5, 5.41) is 3.58. The molecule has 1 fully saturated rings. The minimum atomic E-state index is -0.830. The van der Waals surface area contributed by atoms with Gasteiger partial charge in [-0.3, -0.25) is 4.79 Å². The van der Waals surface area contributed by atoms with Crippen molar-refractivity contribution in [3.8, 4) is 5.75 Å². The van der Waals surface area contributed by atoms with Crippen molar-refractivity contribution in [1.82, 2.24) is 0 Å². The molecule has 9 heteroatoms. The summed E-state index contributed by atoms with van der Waals surface area (Å²) in [5.41, 5.74) is 1.62. The van der Waals surface area contributed by atoms with Gasteiger partial charge in [0.2, 0.25) is 0 Å². The van der Waals surface area contributed by atoms with Crippen LogP contribution in [0.5, 0.6) is 5.75 Å². The number of nitrogens with one attached hydrogen (secondary N) is 1. The van der Waals surface area contributed by atoms with Crippen molar-refractivity contribution in [3.63, 3.8) is 0 Å². The number of halogens is 2. The van der Waals surface area contributed by atoms with E-state index in [2.05, 4.69) is 10.2 Å². The molecule has 0 saturated carbocycles. The second-order valence-corrected chi connectivity index (χ2v) is 8.13. The van der Waals surface area contributed by atoms with Crippen LogP contribution in [-0.2, 0) is 14.3 Å². The van der Waals surface area contributed by atoms with E-state index in [-0.39, 0.29) is 5.91 Å². The molecular formula is C23H26Cl2N2O5. The second-order valence-electron chi connectivity index (χ2n) is 7.29. The quantitative estimate of drug-likeness (QED) is 0.546. The zero-order valence-corrected chi connectivity index (χ0v) is 19.5. The molecule has 0 aromatic heterocycles. The third-order valence-electron chi connectivity index (χ3n) is 4.84. The van der Waals surface area contributed by atoms with Crippen LogP contribution < -0.4 is 15.0 Å². The van der Waals surface area contributed by atoms with Gasteiger partial charge in [-0.15, -0.1) is 0 Å². The zero-order chi connectivity index (χ0) is 23.1. The van der Waals surface area contributed by atoms with E-state index in [1.165, 1.54) is 0 Å². The molecule has 1 heterocycles. The lowest BCUT2D eigenvalue weighted by molar-refractivity contribution is -0.122. The average Bonchev–Trinajstić information content (AvgIpc) is 2.79. The van der Waals surface area contributed by atoms with Gasteiger partial charge in [-0.05, 0) is 49.7 Å². The van der Waals surface area contributed by atoms with E-state index in [1.807, 2.05) is 13.0 Å². The number of ether oxygens (including phenoxy) is 3. The topological polar surface area (TPSA) is 77.1 Å². The van der Waals surface area contributed by atoms with Gasteiger partial charge in [0.25, 0.3) is 5.91 Å². The molecule has 0 unspecified atom stereocenters. The smallest absolute Gasteiger partial charge is 0.340 e. The first-order valence-corrected chi connectivity index (χ1v) is 11.2. The fourth-order valence-electron chi connectivity index (χ4n) is 3.19. The van der Waals surface area contributed by atoms with Crippen LogP contribution in [0.15, 0.2) is 36.4 Å². The number of benzene rings is 2. The van der Waals surface area contributed by atoms with E-state index in [1.54, 1.807) is 37.3 Å². The van der Waals surface area contributed by atoms with Gasteiger partial charge in [-0.2, -0.15) is 0 Å². The van der Waals surface area contributed by atoms with Gasteiger partial charge in [0.05, 0.1) is 36.1 Å². The van der Waals surface area contributed by atoms with Crippen LogP contribution in [0.1, 0.15) is 30.6 Å². The summed E-state index contributed by atoms with van der Waals surface area (Å²) in [6.07, 6.45) is -0.111. The van der Waals surface area contributed by atoms with Gasteiger partial charge in [0.15, 0.2) is 6.10 Å². The highest BCUT2D eigenvalue weighted by Crippen LogP contribution is 2.29. The summed E-state index contributed by atoms with van der Waals surface area (Å²) >= 11 is 12.0. The molecule has 0 spiro atoms. The predicted molar refractivity (Wildman–Crippen MR) is 125 cm³/mol. The van der Waals surface area contributed by atoms with Crippen LogP contribution in [0.4, 0.5) is 11.4 Å². The molecule has 32 heavy (non-hydrogen) atoms. The zero-order valence-electron chi connectivity index (χ0n) is 18.0. The number of hydrogen-bond donors (Lipinski definition) is 1. The second kappa shape index (κ2) is 11.4. The third-order valence-corrected chi connectivity index (χ3v) is 5.37. The Morgan fingerprint density at radius 3 is 2.59 bits per heavy atom. The molecule has 1 amide bonds. The fourth-order valence-corrected chi connectivity index (χ4v) is 3.64. The largest absolute Gasteiger partial charge is 0.479 e. The van der Waals surface area contributed by atoms with E-state index >= 15 is 0 Å². The Morgan fingerprint density at radius 2 is 1.91 bits per heavy atom. The van der Waals surface area contributed by atoms with Gasteiger partial charge in [0, 0.05) is 23.8 Å². The highest BCUT2D eigenvalue weighted by Gasteiger charge is 2.22. The fraction of sp³-hybridized carbons (Fsp3) is 0.391. The standard InChI is InChI=1S/C23H26Cl2N2O5/c1-3-10-31-23(29)18-14-17(5-6-20(18)27-8-11-30-12-9-27)26-22(28)15(2)32-21-7-4-16(24)13-19(21)25/h4-7,13-15H,3,8-12H2,1-2H3,(H,26,28)/t15-/m0/s1. The van der Waals surface area contributed by atoms with Gasteiger partial charge >= 0.3 is 5.97 Å². The van der Waals surface area contributed by atoms with Crippen LogP contribution in [0.2, 0.25) is 10.0 Å². The lowest BCUT2D eigenvalue weighted by Gasteiger charge is -2.30. The summed E-state index contributed by atoms with van der Waals surface area (Å²) in [5.74, 6) is -0.463. The van der Waals surface area contributed by atoms with Crippen molar-refractivity contribution in [2.24, 2.45) is 0 Å². The third kappa shape index (κ3) is 6.28. The van der Waals surface area contributed by atoms with E-state index in [4.69, 9.17) is 37.4 Å². The van der Waals surface area contributed by atoms with Crippen molar-refractivity contribution in [2.75, 3.05) is 43.1 Å².